The van der Waals surface area contributed by atoms with Gasteiger partial charge in [-0.25, -0.2) is 13.1 Å². The minimum absolute atomic E-state index is 0.0245. The van der Waals surface area contributed by atoms with Gasteiger partial charge < -0.3 is 0 Å². The Morgan fingerprint density at radius 3 is 2.57 bits per heavy atom. The molecule has 112 valence electrons. The number of hydrogen-bond donors (Lipinski definition) is 0. The molecule has 1 aromatic heterocycles. The molecular formula is C12H12Cl2N4O2S. The van der Waals surface area contributed by atoms with Crippen LogP contribution in [0, 0.1) is 0 Å². The summed E-state index contributed by atoms with van der Waals surface area (Å²) in [5.74, 6) is 0. The number of aromatic nitrogens is 3. The van der Waals surface area contributed by atoms with E-state index in [1.54, 1.807) is 23.1 Å². The zero-order valence-electron chi connectivity index (χ0n) is 10.9. The molecule has 0 bridgehead atoms. The van der Waals surface area contributed by atoms with Crippen molar-refractivity contribution in [1.29, 1.82) is 0 Å². The number of sulfonamides is 1. The second kappa shape index (κ2) is 5.57. The summed E-state index contributed by atoms with van der Waals surface area (Å²) in [6, 6.07) is 4.63. The van der Waals surface area contributed by atoms with Crippen LogP contribution in [0.1, 0.15) is 12.5 Å². The number of rotatable bonds is 3. The molecule has 21 heavy (non-hydrogen) atoms. The van der Waals surface area contributed by atoms with Gasteiger partial charge in [-0.1, -0.05) is 34.5 Å². The lowest BCUT2D eigenvalue weighted by Gasteiger charge is -2.18. The molecule has 1 saturated heterocycles. The third-order valence-electron chi connectivity index (χ3n) is 3.46. The lowest BCUT2D eigenvalue weighted by Crippen LogP contribution is -2.29. The van der Waals surface area contributed by atoms with Gasteiger partial charge in [-0.3, -0.25) is 0 Å². The number of hydrogen-bond acceptors (Lipinski definition) is 4. The molecule has 1 fully saturated rings. The average molecular weight is 347 g/mol. The van der Waals surface area contributed by atoms with E-state index in [9.17, 15) is 8.42 Å². The molecule has 2 heterocycles. The van der Waals surface area contributed by atoms with Crippen molar-refractivity contribution < 1.29 is 8.42 Å². The van der Waals surface area contributed by atoms with Crippen LogP contribution in [-0.2, 0) is 10.0 Å². The van der Waals surface area contributed by atoms with Gasteiger partial charge in [0.05, 0.1) is 22.3 Å². The highest BCUT2D eigenvalue weighted by atomic mass is 35.5. The largest absolute Gasteiger partial charge is 0.248 e. The molecule has 0 amide bonds. The highest BCUT2D eigenvalue weighted by Gasteiger charge is 2.35. The maximum Gasteiger partial charge on any atom is 0.246 e. The van der Waals surface area contributed by atoms with Crippen molar-refractivity contribution in [2.45, 2.75) is 17.4 Å². The quantitative estimate of drug-likeness (QED) is 0.854. The molecule has 3 rings (SSSR count). The van der Waals surface area contributed by atoms with Crippen LogP contribution in [0.3, 0.4) is 0 Å². The first kappa shape index (κ1) is 14.8. The van der Waals surface area contributed by atoms with E-state index in [1.807, 2.05) is 0 Å². The molecule has 0 radical (unpaired) electrons. The Balaban J connectivity index is 1.90. The first-order valence-corrected chi connectivity index (χ1v) is 8.49. The highest BCUT2D eigenvalue weighted by molar-refractivity contribution is 7.89. The number of benzene rings is 1. The number of halogens is 2. The summed E-state index contributed by atoms with van der Waals surface area (Å²) in [4.78, 5) is -0.0347. The summed E-state index contributed by atoms with van der Waals surface area (Å²) in [5, 5.41) is 7.92. The summed E-state index contributed by atoms with van der Waals surface area (Å²) in [6.45, 7) is 0.724. The Morgan fingerprint density at radius 1 is 1.24 bits per heavy atom. The van der Waals surface area contributed by atoms with E-state index >= 15 is 0 Å². The van der Waals surface area contributed by atoms with Gasteiger partial charge in [-0.2, -0.15) is 4.31 Å². The van der Waals surface area contributed by atoms with Crippen LogP contribution < -0.4 is 0 Å². The topological polar surface area (TPSA) is 68.1 Å². The van der Waals surface area contributed by atoms with E-state index in [4.69, 9.17) is 23.2 Å². The molecule has 0 saturated carbocycles. The Bertz CT molecular complexity index is 728. The monoisotopic (exact) mass is 346 g/mol. The smallest absolute Gasteiger partial charge is 0.246 e. The van der Waals surface area contributed by atoms with Crippen molar-refractivity contribution in [2.24, 2.45) is 0 Å². The van der Waals surface area contributed by atoms with Crippen molar-refractivity contribution in [3.8, 4) is 0 Å². The summed E-state index contributed by atoms with van der Waals surface area (Å²) in [5.41, 5.74) is 0. The number of nitrogens with zero attached hydrogens (tertiary/aromatic N) is 4. The molecule has 2 aromatic rings. The minimum Gasteiger partial charge on any atom is -0.248 e. The maximum atomic E-state index is 12.7. The normalized spacial score (nSPS) is 20.0. The van der Waals surface area contributed by atoms with E-state index in [0.717, 1.165) is 0 Å². The fourth-order valence-corrected chi connectivity index (χ4v) is 5.00. The molecule has 0 aliphatic carbocycles. The lowest BCUT2D eigenvalue weighted by molar-refractivity contribution is 0.428. The summed E-state index contributed by atoms with van der Waals surface area (Å²) in [7, 11) is -3.72. The van der Waals surface area contributed by atoms with E-state index < -0.39 is 10.0 Å². The van der Waals surface area contributed by atoms with Gasteiger partial charge in [0.15, 0.2) is 0 Å². The second-order valence-corrected chi connectivity index (χ2v) is 7.43. The Labute approximate surface area is 132 Å². The summed E-state index contributed by atoms with van der Waals surface area (Å²) >= 11 is 12.0. The standard InChI is InChI=1S/C12H12Cl2N4O2S/c13-10-2-1-3-11(14)12(10)21(19,20)17-6-4-9(8-17)18-7-5-15-16-18/h1-3,5,7,9H,4,6,8H2. The van der Waals surface area contributed by atoms with Crippen LogP contribution in [0.4, 0.5) is 0 Å². The molecule has 1 unspecified atom stereocenters. The van der Waals surface area contributed by atoms with Crippen LogP contribution in [0.2, 0.25) is 10.0 Å². The Hall–Kier alpha value is -1.15. The fraction of sp³-hybridized carbons (Fsp3) is 0.333. The van der Waals surface area contributed by atoms with Crippen LogP contribution in [0.15, 0.2) is 35.5 Å². The first-order chi connectivity index (χ1) is 10.00. The molecule has 0 spiro atoms. The zero-order chi connectivity index (χ0) is 15.0. The van der Waals surface area contributed by atoms with Crippen molar-refractivity contribution in [3.05, 3.63) is 40.6 Å². The van der Waals surface area contributed by atoms with Crippen molar-refractivity contribution in [1.82, 2.24) is 19.3 Å². The van der Waals surface area contributed by atoms with Gasteiger partial charge >= 0.3 is 0 Å². The van der Waals surface area contributed by atoms with E-state index in [1.165, 1.54) is 16.4 Å². The molecule has 9 heteroatoms. The second-order valence-electron chi connectivity index (χ2n) is 4.74. The molecule has 1 aliphatic heterocycles. The maximum absolute atomic E-state index is 12.7. The van der Waals surface area contributed by atoms with Crippen molar-refractivity contribution in [3.63, 3.8) is 0 Å². The van der Waals surface area contributed by atoms with Gasteiger partial charge in [0.25, 0.3) is 0 Å². The summed E-state index contributed by atoms with van der Waals surface area (Å²) < 4.78 is 28.5. The molecular weight excluding hydrogens is 335 g/mol. The molecule has 6 nitrogen and oxygen atoms in total. The SMILES string of the molecule is O=S(=O)(c1c(Cl)cccc1Cl)N1CCC(n2ccnn2)C1. The predicted octanol–water partition coefficient (Wildman–Crippen LogP) is 2.22. The molecule has 1 aliphatic rings. The Morgan fingerprint density at radius 2 is 1.95 bits per heavy atom. The molecule has 1 aromatic carbocycles. The first-order valence-electron chi connectivity index (χ1n) is 6.30. The fourth-order valence-electron chi connectivity index (χ4n) is 2.42. The Kier molecular flexibility index (Phi) is 3.92. The third kappa shape index (κ3) is 2.66. The summed E-state index contributed by atoms with van der Waals surface area (Å²) in [6.07, 6.45) is 3.97. The highest BCUT2D eigenvalue weighted by Crippen LogP contribution is 2.34. The van der Waals surface area contributed by atoms with Crippen molar-refractivity contribution in [2.75, 3.05) is 13.1 Å². The van der Waals surface area contributed by atoms with Crippen LogP contribution >= 0.6 is 23.2 Å². The van der Waals surface area contributed by atoms with Gasteiger partial charge in [0, 0.05) is 19.3 Å². The van der Waals surface area contributed by atoms with Gasteiger partial charge in [0.2, 0.25) is 10.0 Å². The van der Waals surface area contributed by atoms with E-state index in [-0.39, 0.29) is 21.0 Å². The average Bonchev–Trinajstić information content (AvgIpc) is 3.09. The van der Waals surface area contributed by atoms with Crippen molar-refractivity contribution >= 4 is 33.2 Å². The third-order valence-corrected chi connectivity index (χ3v) is 6.28. The van der Waals surface area contributed by atoms with Gasteiger partial charge in [-0.15, -0.1) is 5.10 Å². The molecule has 0 N–H and O–H groups in total. The van der Waals surface area contributed by atoms with Crippen LogP contribution in [-0.4, -0.2) is 40.8 Å². The zero-order valence-corrected chi connectivity index (χ0v) is 13.2. The van der Waals surface area contributed by atoms with Crippen LogP contribution in [0.5, 0.6) is 0 Å². The van der Waals surface area contributed by atoms with E-state index in [2.05, 4.69) is 10.3 Å². The predicted molar refractivity (Wildman–Crippen MR) is 78.9 cm³/mol. The van der Waals surface area contributed by atoms with Gasteiger partial charge in [0.1, 0.15) is 4.90 Å². The van der Waals surface area contributed by atoms with Crippen LogP contribution in [0.25, 0.3) is 0 Å². The lowest BCUT2D eigenvalue weighted by atomic mass is 10.3. The molecule has 1 atom stereocenters. The minimum atomic E-state index is -3.72. The van der Waals surface area contributed by atoms with Gasteiger partial charge in [-0.05, 0) is 18.6 Å². The van der Waals surface area contributed by atoms with E-state index in [0.29, 0.717) is 19.5 Å².